The smallest absolute Gasteiger partial charge is 0.235 e. The molecule has 0 bridgehead atoms. The number of nitrogens with one attached hydrogen (secondary N) is 1. The van der Waals surface area contributed by atoms with Crippen molar-refractivity contribution >= 4 is 17.5 Å². The van der Waals surface area contributed by atoms with Crippen LogP contribution < -0.4 is 5.32 Å². The average molecular weight is 298 g/mol. The van der Waals surface area contributed by atoms with Crippen LogP contribution in [0.5, 0.6) is 0 Å². The molecule has 106 valence electrons. The first-order valence-corrected chi connectivity index (χ1v) is 7.69. The average Bonchev–Trinajstić information content (AvgIpc) is 3.04. The second-order valence-corrected chi connectivity index (χ2v) is 5.80. The molecule has 3 aromatic rings. The third kappa shape index (κ3) is 2.64. The molecule has 0 radical (unpaired) electrons. The topological polar surface area (TPSA) is 68.5 Å². The van der Waals surface area contributed by atoms with Gasteiger partial charge in [-0.05, 0) is 36.5 Å². The fourth-order valence-corrected chi connectivity index (χ4v) is 2.94. The van der Waals surface area contributed by atoms with E-state index in [1.807, 2.05) is 24.4 Å². The van der Waals surface area contributed by atoms with Crippen molar-refractivity contribution in [3.05, 3.63) is 47.4 Å². The highest BCUT2D eigenvalue weighted by molar-refractivity contribution is 7.05. The van der Waals surface area contributed by atoms with Gasteiger partial charge in [0.15, 0.2) is 5.82 Å². The van der Waals surface area contributed by atoms with Gasteiger partial charge < -0.3 is 5.32 Å². The Morgan fingerprint density at radius 1 is 1.29 bits per heavy atom. The van der Waals surface area contributed by atoms with Gasteiger partial charge in [0, 0.05) is 36.6 Å². The standard InChI is InChI=1S/C14H14N6S/c1-3-11(12(15-6-1)20-8-2-7-17-20)9-16-14-18-13(21-19-14)10-4-5-10/h1-3,6-8,10H,4-5,9H2,(H,16,19). The summed E-state index contributed by atoms with van der Waals surface area (Å²) in [4.78, 5) is 8.93. The van der Waals surface area contributed by atoms with E-state index in [1.54, 1.807) is 17.1 Å². The summed E-state index contributed by atoms with van der Waals surface area (Å²) in [5.74, 6) is 2.18. The molecule has 1 fully saturated rings. The zero-order valence-corrected chi connectivity index (χ0v) is 12.1. The number of pyridine rings is 1. The molecule has 1 saturated carbocycles. The molecule has 0 saturated heterocycles. The van der Waals surface area contributed by atoms with Gasteiger partial charge in [0.25, 0.3) is 0 Å². The molecule has 1 N–H and O–H groups in total. The molecule has 7 heteroatoms. The fraction of sp³-hybridized carbons (Fsp3) is 0.286. The minimum absolute atomic E-state index is 0.629. The van der Waals surface area contributed by atoms with E-state index in [0.29, 0.717) is 18.4 Å². The first-order chi connectivity index (χ1) is 10.4. The van der Waals surface area contributed by atoms with E-state index in [2.05, 4.69) is 24.8 Å². The predicted octanol–water partition coefficient (Wildman–Crippen LogP) is 2.61. The number of aromatic nitrogens is 5. The maximum absolute atomic E-state index is 4.53. The lowest BCUT2D eigenvalue weighted by molar-refractivity contribution is 0.828. The second kappa shape index (κ2) is 5.25. The van der Waals surface area contributed by atoms with Crippen LogP contribution in [0.2, 0.25) is 0 Å². The number of anilines is 1. The molecule has 0 atom stereocenters. The summed E-state index contributed by atoms with van der Waals surface area (Å²) < 4.78 is 6.13. The van der Waals surface area contributed by atoms with Crippen molar-refractivity contribution in [1.82, 2.24) is 24.1 Å². The minimum Gasteiger partial charge on any atom is -0.349 e. The van der Waals surface area contributed by atoms with E-state index in [0.717, 1.165) is 16.4 Å². The Hall–Kier alpha value is -2.28. The lowest BCUT2D eigenvalue weighted by Gasteiger charge is -2.08. The Kier molecular flexibility index (Phi) is 3.11. The van der Waals surface area contributed by atoms with E-state index in [1.165, 1.54) is 24.4 Å². The summed E-state index contributed by atoms with van der Waals surface area (Å²) in [6.45, 7) is 0.629. The van der Waals surface area contributed by atoms with E-state index < -0.39 is 0 Å². The van der Waals surface area contributed by atoms with E-state index in [-0.39, 0.29) is 0 Å². The first-order valence-electron chi connectivity index (χ1n) is 6.91. The maximum Gasteiger partial charge on any atom is 0.235 e. The highest BCUT2D eigenvalue weighted by atomic mass is 32.1. The third-order valence-electron chi connectivity index (χ3n) is 3.39. The van der Waals surface area contributed by atoms with Gasteiger partial charge in [0.2, 0.25) is 5.95 Å². The van der Waals surface area contributed by atoms with Gasteiger partial charge in [0.1, 0.15) is 5.01 Å². The lowest BCUT2D eigenvalue weighted by Crippen LogP contribution is -2.08. The summed E-state index contributed by atoms with van der Waals surface area (Å²) >= 11 is 1.50. The summed E-state index contributed by atoms with van der Waals surface area (Å²) in [7, 11) is 0. The van der Waals surface area contributed by atoms with Crippen molar-refractivity contribution in [3.63, 3.8) is 0 Å². The molecule has 0 amide bonds. The Morgan fingerprint density at radius 3 is 3.05 bits per heavy atom. The molecule has 21 heavy (non-hydrogen) atoms. The molecular weight excluding hydrogens is 284 g/mol. The zero-order valence-electron chi connectivity index (χ0n) is 11.3. The maximum atomic E-state index is 4.53. The minimum atomic E-state index is 0.629. The molecule has 1 aliphatic rings. The van der Waals surface area contributed by atoms with Crippen LogP contribution in [0.15, 0.2) is 36.8 Å². The number of hydrogen-bond donors (Lipinski definition) is 1. The SMILES string of the molecule is c1cnc(-n2cccn2)c(CNc2nsc(C3CC3)n2)c1. The van der Waals surface area contributed by atoms with Gasteiger partial charge in [-0.15, -0.1) is 0 Å². The van der Waals surface area contributed by atoms with Crippen LogP contribution in [0.1, 0.15) is 29.3 Å². The van der Waals surface area contributed by atoms with E-state index in [4.69, 9.17) is 0 Å². The number of nitrogens with zero attached hydrogens (tertiary/aromatic N) is 5. The summed E-state index contributed by atoms with van der Waals surface area (Å²) in [5.41, 5.74) is 1.06. The van der Waals surface area contributed by atoms with Crippen molar-refractivity contribution in [3.8, 4) is 5.82 Å². The Labute approximate surface area is 126 Å². The Morgan fingerprint density at radius 2 is 2.24 bits per heavy atom. The first kappa shape index (κ1) is 12.5. The van der Waals surface area contributed by atoms with Crippen LogP contribution in [0.3, 0.4) is 0 Å². The normalized spacial score (nSPS) is 14.3. The lowest BCUT2D eigenvalue weighted by atomic mass is 10.2. The van der Waals surface area contributed by atoms with Gasteiger partial charge in [-0.3, -0.25) is 0 Å². The molecule has 3 aromatic heterocycles. The van der Waals surface area contributed by atoms with Gasteiger partial charge in [0.05, 0.1) is 0 Å². The van der Waals surface area contributed by atoms with Crippen molar-refractivity contribution in [2.45, 2.75) is 25.3 Å². The molecule has 4 rings (SSSR count). The van der Waals surface area contributed by atoms with Crippen LogP contribution in [-0.2, 0) is 6.54 Å². The Balaban J connectivity index is 1.51. The van der Waals surface area contributed by atoms with Crippen molar-refractivity contribution in [2.24, 2.45) is 0 Å². The van der Waals surface area contributed by atoms with Gasteiger partial charge in [-0.25, -0.2) is 14.6 Å². The second-order valence-electron chi connectivity index (χ2n) is 5.02. The number of hydrogen-bond acceptors (Lipinski definition) is 6. The summed E-state index contributed by atoms with van der Waals surface area (Å²) in [5, 5.41) is 8.66. The highest BCUT2D eigenvalue weighted by Crippen LogP contribution is 2.41. The zero-order chi connectivity index (χ0) is 14.1. The number of rotatable bonds is 5. The Bertz CT molecular complexity index is 732. The molecule has 3 heterocycles. The monoisotopic (exact) mass is 298 g/mol. The molecule has 1 aliphatic carbocycles. The van der Waals surface area contributed by atoms with E-state index in [9.17, 15) is 0 Å². The fourth-order valence-electron chi connectivity index (χ4n) is 2.15. The van der Waals surface area contributed by atoms with Crippen molar-refractivity contribution in [2.75, 3.05) is 5.32 Å². The largest absolute Gasteiger partial charge is 0.349 e. The molecule has 0 aromatic carbocycles. The van der Waals surface area contributed by atoms with Crippen LogP contribution >= 0.6 is 11.5 Å². The van der Waals surface area contributed by atoms with Gasteiger partial charge >= 0.3 is 0 Å². The highest BCUT2D eigenvalue weighted by Gasteiger charge is 2.27. The molecule has 0 aliphatic heterocycles. The molecule has 6 nitrogen and oxygen atoms in total. The van der Waals surface area contributed by atoms with Crippen LogP contribution in [0.25, 0.3) is 5.82 Å². The van der Waals surface area contributed by atoms with Gasteiger partial charge in [-0.1, -0.05) is 6.07 Å². The van der Waals surface area contributed by atoms with Crippen LogP contribution in [0, 0.1) is 0 Å². The van der Waals surface area contributed by atoms with Crippen LogP contribution in [-0.4, -0.2) is 24.1 Å². The molecule has 0 unspecified atom stereocenters. The van der Waals surface area contributed by atoms with Crippen molar-refractivity contribution in [1.29, 1.82) is 0 Å². The quantitative estimate of drug-likeness (QED) is 0.784. The third-order valence-corrected chi connectivity index (χ3v) is 4.27. The van der Waals surface area contributed by atoms with Crippen LogP contribution in [0.4, 0.5) is 5.95 Å². The summed E-state index contributed by atoms with van der Waals surface area (Å²) in [6.07, 6.45) is 7.90. The molecular formula is C14H14N6S. The summed E-state index contributed by atoms with van der Waals surface area (Å²) in [6, 6.07) is 5.84. The predicted molar refractivity (Wildman–Crippen MR) is 80.6 cm³/mol. The van der Waals surface area contributed by atoms with E-state index >= 15 is 0 Å². The molecule has 0 spiro atoms. The van der Waals surface area contributed by atoms with Crippen molar-refractivity contribution < 1.29 is 0 Å². The van der Waals surface area contributed by atoms with Gasteiger partial charge in [-0.2, -0.15) is 9.47 Å².